The molecule has 0 amide bonds. The molecule has 1 atom stereocenters. The molecule has 31 heavy (non-hydrogen) atoms. The minimum atomic E-state index is -0.578. The number of hydrogen-bond acceptors (Lipinski definition) is 6. The molecule has 2 aromatic carbocycles. The van der Waals surface area contributed by atoms with Crippen molar-refractivity contribution in [3.63, 3.8) is 0 Å². The van der Waals surface area contributed by atoms with Crippen LogP contribution in [-0.2, 0) is 19.4 Å². The second kappa shape index (κ2) is 10.5. The van der Waals surface area contributed by atoms with Crippen molar-refractivity contribution in [2.24, 2.45) is 0 Å². The Balaban J connectivity index is 1.25. The van der Waals surface area contributed by atoms with E-state index in [0.717, 1.165) is 50.9 Å². The van der Waals surface area contributed by atoms with Gasteiger partial charge in [-0.05, 0) is 54.5 Å². The monoisotopic (exact) mass is 426 g/mol. The maximum absolute atomic E-state index is 10.3. The van der Waals surface area contributed by atoms with Gasteiger partial charge >= 0.3 is 0 Å². The highest BCUT2D eigenvalue weighted by atomic mass is 16.5. The molecule has 6 heteroatoms. The molecule has 1 fully saturated rings. The number of aliphatic hydroxyl groups is 2. The van der Waals surface area contributed by atoms with Crippen LogP contribution in [0.15, 0.2) is 42.5 Å². The summed E-state index contributed by atoms with van der Waals surface area (Å²) in [5.74, 6) is 1.33. The summed E-state index contributed by atoms with van der Waals surface area (Å²) in [5, 5.41) is 23.6. The molecule has 2 aromatic rings. The van der Waals surface area contributed by atoms with E-state index in [0.29, 0.717) is 24.1 Å². The van der Waals surface area contributed by atoms with Gasteiger partial charge in [-0.25, -0.2) is 0 Å². The molecule has 1 saturated heterocycles. The van der Waals surface area contributed by atoms with Gasteiger partial charge in [-0.3, -0.25) is 0 Å². The lowest BCUT2D eigenvalue weighted by Gasteiger charge is -2.30. The average molecular weight is 427 g/mol. The summed E-state index contributed by atoms with van der Waals surface area (Å²) in [7, 11) is 1.64. The molecule has 0 saturated carbocycles. The zero-order valence-electron chi connectivity index (χ0n) is 18.3. The molecular formula is C25H34N2O4. The Hall–Kier alpha value is -2.12. The van der Waals surface area contributed by atoms with Crippen LogP contribution in [0.5, 0.6) is 11.5 Å². The van der Waals surface area contributed by atoms with Crippen molar-refractivity contribution in [3.8, 4) is 11.5 Å². The first-order valence-electron chi connectivity index (χ1n) is 11.3. The standard InChI is InChI=1S/C25H34N2O4/c1-30-25-12-18(15-26-21-13-19-4-2-3-5-20(19)14-21)6-7-24(25)31-17-23(29)16-27-10-8-22(28)9-11-27/h2-7,12,21-23,26,28-29H,8-11,13-17H2,1H3. The fourth-order valence-corrected chi connectivity index (χ4v) is 4.55. The van der Waals surface area contributed by atoms with Crippen LogP contribution >= 0.6 is 0 Å². The van der Waals surface area contributed by atoms with E-state index in [4.69, 9.17) is 9.47 Å². The number of methoxy groups -OCH3 is 1. The summed E-state index contributed by atoms with van der Waals surface area (Å²) in [6, 6.07) is 15.1. The van der Waals surface area contributed by atoms with Crippen molar-refractivity contribution in [1.82, 2.24) is 10.2 Å². The third-order valence-electron chi connectivity index (χ3n) is 6.33. The smallest absolute Gasteiger partial charge is 0.161 e. The Labute approximate surface area is 184 Å². The molecule has 1 aliphatic carbocycles. The first-order valence-corrected chi connectivity index (χ1v) is 11.3. The minimum absolute atomic E-state index is 0.203. The molecule has 0 radical (unpaired) electrons. The van der Waals surface area contributed by atoms with Gasteiger partial charge in [-0.2, -0.15) is 0 Å². The van der Waals surface area contributed by atoms with Gasteiger partial charge in [0.2, 0.25) is 0 Å². The van der Waals surface area contributed by atoms with Gasteiger partial charge < -0.3 is 29.9 Å². The number of ether oxygens (including phenoxy) is 2. The average Bonchev–Trinajstić information content (AvgIpc) is 3.21. The van der Waals surface area contributed by atoms with Crippen molar-refractivity contribution in [3.05, 3.63) is 59.2 Å². The molecule has 1 aliphatic heterocycles. The van der Waals surface area contributed by atoms with E-state index in [1.54, 1.807) is 7.11 Å². The zero-order chi connectivity index (χ0) is 21.6. The van der Waals surface area contributed by atoms with Crippen molar-refractivity contribution in [2.45, 2.75) is 50.5 Å². The van der Waals surface area contributed by atoms with E-state index in [9.17, 15) is 10.2 Å². The second-order valence-electron chi connectivity index (χ2n) is 8.74. The van der Waals surface area contributed by atoms with Crippen LogP contribution in [0.25, 0.3) is 0 Å². The van der Waals surface area contributed by atoms with Crippen LogP contribution < -0.4 is 14.8 Å². The Morgan fingerprint density at radius 2 is 1.77 bits per heavy atom. The molecule has 1 heterocycles. The normalized spacial score (nSPS) is 18.7. The molecule has 0 bridgehead atoms. The van der Waals surface area contributed by atoms with Crippen molar-refractivity contribution in [2.75, 3.05) is 33.4 Å². The van der Waals surface area contributed by atoms with Crippen LogP contribution in [0, 0.1) is 0 Å². The molecule has 4 rings (SSSR count). The first kappa shape index (κ1) is 22.1. The maximum atomic E-state index is 10.3. The van der Waals surface area contributed by atoms with Crippen LogP contribution in [0.4, 0.5) is 0 Å². The van der Waals surface area contributed by atoms with E-state index in [2.05, 4.69) is 34.5 Å². The lowest BCUT2D eigenvalue weighted by molar-refractivity contribution is 0.0333. The number of rotatable bonds is 9. The fraction of sp³-hybridized carbons (Fsp3) is 0.520. The molecular weight excluding hydrogens is 392 g/mol. The van der Waals surface area contributed by atoms with Crippen LogP contribution in [0.2, 0.25) is 0 Å². The minimum Gasteiger partial charge on any atom is -0.493 e. The summed E-state index contributed by atoms with van der Waals surface area (Å²) >= 11 is 0. The summed E-state index contributed by atoms with van der Waals surface area (Å²) in [5.41, 5.74) is 4.04. The summed E-state index contributed by atoms with van der Waals surface area (Å²) in [4.78, 5) is 2.17. The number of aliphatic hydroxyl groups excluding tert-OH is 2. The van der Waals surface area contributed by atoms with Crippen LogP contribution in [-0.4, -0.2) is 66.7 Å². The van der Waals surface area contributed by atoms with Crippen molar-refractivity contribution < 1.29 is 19.7 Å². The lowest BCUT2D eigenvalue weighted by Crippen LogP contribution is -2.41. The van der Waals surface area contributed by atoms with Crippen LogP contribution in [0.1, 0.15) is 29.5 Å². The fourth-order valence-electron chi connectivity index (χ4n) is 4.55. The van der Waals surface area contributed by atoms with Gasteiger partial charge in [0.05, 0.1) is 13.2 Å². The number of likely N-dealkylation sites (tertiary alicyclic amines) is 1. The first-order chi connectivity index (χ1) is 15.1. The molecule has 6 nitrogen and oxygen atoms in total. The molecule has 0 spiro atoms. The molecule has 1 unspecified atom stereocenters. The topological polar surface area (TPSA) is 74.2 Å². The van der Waals surface area contributed by atoms with Gasteiger partial charge in [0, 0.05) is 32.2 Å². The molecule has 2 aliphatic rings. The predicted molar refractivity (Wildman–Crippen MR) is 121 cm³/mol. The Morgan fingerprint density at radius 3 is 2.45 bits per heavy atom. The number of fused-ring (bicyclic) bond motifs is 1. The van der Waals surface area contributed by atoms with Crippen molar-refractivity contribution in [1.29, 1.82) is 0 Å². The van der Waals surface area contributed by atoms with Crippen molar-refractivity contribution >= 4 is 0 Å². The van der Waals surface area contributed by atoms with E-state index in [-0.39, 0.29) is 12.7 Å². The molecule has 0 aromatic heterocycles. The summed E-state index contributed by atoms with van der Waals surface area (Å²) in [6.07, 6.45) is 2.90. The highest BCUT2D eigenvalue weighted by Gasteiger charge is 2.21. The van der Waals surface area contributed by atoms with E-state index >= 15 is 0 Å². The van der Waals surface area contributed by atoms with Gasteiger partial charge in [0.1, 0.15) is 12.7 Å². The summed E-state index contributed by atoms with van der Waals surface area (Å²) in [6.45, 7) is 3.18. The number of β-amino-alcohol motifs (C(OH)–C–C–N with tert-alkyl or cyclic N) is 1. The SMILES string of the molecule is COc1cc(CNC2Cc3ccccc3C2)ccc1OCC(O)CN1CCC(O)CC1. The largest absolute Gasteiger partial charge is 0.493 e. The Morgan fingerprint density at radius 1 is 1.06 bits per heavy atom. The van der Waals surface area contributed by atoms with Gasteiger partial charge in [0.15, 0.2) is 11.5 Å². The molecule has 168 valence electrons. The predicted octanol–water partition coefficient (Wildman–Crippen LogP) is 2.15. The number of piperidine rings is 1. The third-order valence-corrected chi connectivity index (χ3v) is 6.33. The summed E-state index contributed by atoms with van der Waals surface area (Å²) < 4.78 is 11.4. The highest BCUT2D eigenvalue weighted by Crippen LogP contribution is 2.29. The van der Waals surface area contributed by atoms with Crippen LogP contribution in [0.3, 0.4) is 0 Å². The number of nitrogens with zero attached hydrogens (tertiary/aromatic N) is 1. The zero-order valence-corrected chi connectivity index (χ0v) is 18.3. The quantitative estimate of drug-likeness (QED) is 0.571. The van der Waals surface area contributed by atoms with Gasteiger partial charge in [-0.1, -0.05) is 30.3 Å². The highest BCUT2D eigenvalue weighted by molar-refractivity contribution is 5.43. The number of benzene rings is 2. The Bertz CT molecular complexity index is 826. The molecule has 3 N–H and O–H groups in total. The third kappa shape index (κ3) is 5.98. The second-order valence-corrected chi connectivity index (χ2v) is 8.74. The van der Waals surface area contributed by atoms with Gasteiger partial charge in [0.25, 0.3) is 0 Å². The van der Waals surface area contributed by atoms with E-state index < -0.39 is 6.10 Å². The van der Waals surface area contributed by atoms with E-state index in [1.807, 2.05) is 18.2 Å². The lowest BCUT2D eigenvalue weighted by atomic mass is 10.1. The maximum Gasteiger partial charge on any atom is 0.161 e. The number of hydrogen-bond donors (Lipinski definition) is 3. The Kier molecular flexibility index (Phi) is 7.45. The van der Waals surface area contributed by atoms with E-state index in [1.165, 1.54) is 11.1 Å². The van der Waals surface area contributed by atoms with Gasteiger partial charge in [-0.15, -0.1) is 0 Å². The number of nitrogens with one attached hydrogen (secondary N) is 1.